The van der Waals surface area contributed by atoms with Gasteiger partial charge >= 0.3 is 5.69 Å². The summed E-state index contributed by atoms with van der Waals surface area (Å²) in [6.45, 7) is 9.90. The maximum atomic E-state index is 12.3. The van der Waals surface area contributed by atoms with Crippen LogP contribution in [0.4, 0.5) is 0 Å². The Morgan fingerprint density at radius 3 is 2.33 bits per heavy atom. The van der Waals surface area contributed by atoms with Gasteiger partial charge in [0.15, 0.2) is 11.2 Å². The zero-order valence-electron chi connectivity index (χ0n) is 15.3. The van der Waals surface area contributed by atoms with Gasteiger partial charge in [-0.1, -0.05) is 27.2 Å². The van der Waals surface area contributed by atoms with Crippen LogP contribution in [0.5, 0.6) is 0 Å². The van der Waals surface area contributed by atoms with Gasteiger partial charge in [-0.05, 0) is 32.4 Å². The number of imidazole rings is 1. The zero-order valence-corrected chi connectivity index (χ0v) is 15.3. The lowest BCUT2D eigenvalue weighted by Gasteiger charge is -2.21. The summed E-state index contributed by atoms with van der Waals surface area (Å²) in [5, 5.41) is 0. The van der Waals surface area contributed by atoms with Crippen LogP contribution in [0.25, 0.3) is 11.2 Å². The number of nitrogens with one attached hydrogen (secondary N) is 1. The third-order valence-electron chi connectivity index (χ3n) is 4.27. The second-order valence-corrected chi connectivity index (χ2v) is 6.30. The average molecular weight is 335 g/mol. The Hall–Kier alpha value is -1.89. The summed E-state index contributed by atoms with van der Waals surface area (Å²) in [5.41, 5.74) is 0.218. The molecule has 1 N–H and O–H groups in total. The number of hydrogen-bond acceptors (Lipinski definition) is 4. The van der Waals surface area contributed by atoms with Crippen LogP contribution in [0, 0.1) is 0 Å². The first-order valence-electron chi connectivity index (χ1n) is 8.94. The van der Waals surface area contributed by atoms with Crippen molar-refractivity contribution in [1.82, 2.24) is 24.0 Å². The van der Waals surface area contributed by atoms with Gasteiger partial charge in [0.1, 0.15) is 5.82 Å². The Morgan fingerprint density at radius 1 is 1.08 bits per heavy atom. The Bertz CT molecular complexity index is 781. The molecule has 0 unspecified atom stereocenters. The number of nitrogens with zero attached hydrogens (tertiary/aromatic N) is 4. The van der Waals surface area contributed by atoms with Crippen molar-refractivity contribution in [2.24, 2.45) is 7.05 Å². The van der Waals surface area contributed by atoms with Crippen LogP contribution in [0.3, 0.4) is 0 Å². The van der Waals surface area contributed by atoms with Crippen LogP contribution in [0.1, 0.15) is 52.3 Å². The van der Waals surface area contributed by atoms with E-state index in [4.69, 9.17) is 0 Å². The first-order chi connectivity index (χ1) is 11.5. The molecule has 2 rings (SSSR count). The average Bonchev–Trinajstić information content (AvgIpc) is 2.90. The fourth-order valence-corrected chi connectivity index (χ4v) is 3.06. The predicted molar refractivity (Wildman–Crippen MR) is 96.4 cm³/mol. The molecule has 0 aliphatic heterocycles. The maximum Gasteiger partial charge on any atom is 0.329 e. The highest BCUT2D eigenvalue weighted by atomic mass is 16.2. The molecule has 0 radical (unpaired) electrons. The van der Waals surface area contributed by atoms with E-state index in [1.165, 1.54) is 4.57 Å². The highest BCUT2D eigenvalue weighted by Gasteiger charge is 2.18. The van der Waals surface area contributed by atoms with Gasteiger partial charge in [0.25, 0.3) is 5.56 Å². The molecule has 134 valence electrons. The summed E-state index contributed by atoms with van der Waals surface area (Å²) in [7, 11) is 1.65. The molecule has 2 heterocycles. The molecule has 0 spiro atoms. The molecule has 0 bridgehead atoms. The molecule has 2 aromatic heterocycles. The summed E-state index contributed by atoms with van der Waals surface area (Å²) in [6.07, 6.45) is 4.17. The number of aromatic amines is 1. The smallest absolute Gasteiger partial charge is 0.321 e. The standard InChI is InChI=1S/C17H29N5O2/c1-5-8-11-22-13(12-21(9-6-2)10-7-3)18-15-14(22)16(23)19-17(24)20(15)4/h5-12H2,1-4H3,(H,19,23,24). The number of unbranched alkanes of at least 4 members (excludes halogenated alkanes) is 1. The number of aryl methyl sites for hydroxylation is 2. The molecule has 2 aromatic rings. The summed E-state index contributed by atoms with van der Waals surface area (Å²) >= 11 is 0. The summed E-state index contributed by atoms with van der Waals surface area (Å²) < 4.78 is 3.42. The van der Waals surface area contributed by atoms with E-state index in [2.05, 4.69) is 35.6 Å². The van der Waals surface area contributed by atoms with E-state index >= 15 is 0 Å². The second kappa shape index (κ2) is 8.28. The lowest BCUT2D eigenvalue weighted by Crippen LogP contribution is -2.29. The van der Waals surface area contributed by atoms with E-state index in [-0.39, 0.29) is 5.56 Å². The third-order valence-corrected chi connectivity index (χ3v) is 4.27. The van der Waals surface area contributed by atoms with Crippen LogP contribution >= 0.6 is 0 Å². The van der Waals surface area contributed by atoms with Gasteiger partial charge in [-0.3, -0.25) is 19.2 Å². The minimum absolute atomic E-state index is 0.347. The minimum Gasteiger partial charge on any atom is -0.321 e. The fraction of sp³-hybridized carbons (Fsp3) is 0.706. The molecule has 7 heteroatoms. The molecule has 24 heavy (non-hydrogen) atoms. The van der Waals surface area contributed by atoms with E-state index < -0.39 is 5.69 Å². The molecule has 0 aliphatic carbocycles. The molecule has 0 fully saturated rings. The van der Waals surface area contributed by atoms with E-state index in [1.54, 1.807) is 7.05 Å². The zero-order chi connectivity index (χ0) is 17.7. The first-order valence-corrected chi connectivity index (χ1v) is 8.94. The monoisotopic (exact) mass is 335 g/mol. The Morgan fingerprint density at radius 2 is 1.75 bits per heavy atom. The van der Waals surface area contributed by atoms with E-state index in [9.17, 15) is 9.59 Å². The predicted octanol–water partition coefficient (Wildman–Crippen LogP) is 1.85. The van der Waals surface area contributed by atoms with Crippen molar-refractivity contribution in [3.8, 4) is 0 Å². The number of rotatable bonds is 9. The molecule has 7 nitrogen and oxygen atoms in total. The van der Waals surface area contributed by atoms with Crippen molar-refractivity contribution in [2.45, 2.75) is 59.5 Å². The second-order valence-electron chi connectivity index (χ2n) is 6.30. The number of hydrogen-bond donors (Lipinski definition) is 1. The van der Waals surface area contributed by atoms with E-state index in [0.29, 0.717) is 17.7 Å². The molecular formula is C17H29N5O2. The van der Waals surface area contributed by atoms with Crippen LogP contribution in [-0.2, 0) is 20.1 Å². The van der Waals surface area contributed by atoms with Gasteiger partial charge in [0.2, 0.25) is 0 Å². The van der Waals surface area contributed by atoms with Crippen LogP contribution in [0.15, 0.2) is 9.59 Å². The third kappa shape index (κ3) is 3.77. The summed E-state index contributed by atoms with van der Waals surface area (Å²) in [6, 6.07) is 0. The Kier molecular flexibility index (Phi) is 6.36. The molecule has 0 atom stereocenters. The van der Waals surface area contributed by atoms with Crippen molar-refractivity contribution in [1.29, 1.82) is 0 Å². The highest BCUT2D eigenvalue weighted by molar-refractivity contribution is 5.70. The lowest BCUT2D eigenvalue weighted by atomic mass is 10.3. The fourth-order valence-electron chi connectivity index (χ4n) is 3.06. The van der Waals surface area contributed by atoms with Gasteiger partial charge in [0, 0.05) is 13.6 Å². The van der Waals surface area contributed by atoms with Crippen LogP contribution in [-0.4, -0.2) is 37.1 Å². The van der Waals surface area contributed by atoms with Crippen molar-refractivity contribution in [3.05, 3.63) is 26.7 Å². The van der Waals surface area contributed by atoms with Crippen molar-refractivity contribution >= 4 is 11.2 Å². The molecular weight excluding hydrogens is 306 g/mol. The van der Waals surface area contributed by atoms with Crippen LogP contribution < -0.4 is 11.2 Å². The number of fused-ring (bicyclic) bond motifs is 1. The quantitative estimate of drug-likeness (QED) is 0.759. The summed E-state index contributed by atoms with van der Waals surface area (Å²) in [5.74, 6) is 0.868. The van der Waals surface area contributed by atoms with Crippen molar-refractivity contribution in [3.63, 3.8) is 0 Å². The molecule has 0 saturated carbocycles. The topological polar surface area (TPSA) is 75.9 Å². The van der Waals surface area contributed by atoms with E-state index in [0.717, 1.165) is 51.1 Å². The number of aromatic nitrogens is 4. The first kappa shape index (κ1) is 18.4. The van der Waals surface area contributed by atoms with E-state index in [1.807, 2.05) is 4.57 Å². The lowest BCUT2D eigenvalue weighted by molar-refractivity contribution is 0.256. The maximum absolute atomic E-state index is 12.3. The van der Waals surface area contributed by atoms with Gasteiger partial charge in [0.05, 0.1) is 6.54 Å². The van der Waals surface area contributed by atoms with Gasteiger partial charge in [-0.2, -0.15) is 0 Å². The summed E-state index contributed by atoms with van der Waals surface area (Å²) in [4.78, 5) is 33.6. The van der Waals surface area contributed by atoms with Gasteiger partial charge < -0.3 is 4.57 Å². The minimum atomic E-state index is -0.418. The molecule has 0 aromatic carbocycles. The normalized spacial score (nSPS) is 11.7. The van der Waals surface area contributed by atoms with Gasteiger partial charge in [-0.15, -0.1) is 0 Å². The van der Waals surface area contributed by atoms with Crippen molar-refractivity contribution in [2.75, 3.05) is 13.1 Å². The van der Waals surface area contributed by atoms with Gasteiger partial charge in [-0.25, -0.2) is 9.78 Å². The molecule has 0 aliphatic rings. The van der Waals surface area contributed by atoms with Crippen molar-refractivity contribution < 1.29 is 0 Å². The molecule has 0 amide bonds. The number of H-pyrrole nitrogens is 1. The SMILES string of the molecule is CCCCn1c(CN(CCC)CCC)nc2c1c(=O)[nH]c(=O)n2C. The Labute approximate surface area is 142 Å². The Balaban J connectivity index is 2.55. The highest BCUT2D eigenvalue weighted by Crippen LogP contribution is 2.14. The largest absolute Gasteiger partial charge is 0.329 e. The van der Waals surface area contributed by atoms with Crippen LogP contribution in [0.2, 0.25) is 0 Å². The molecule has 0 saturated heterocycles.